The second-order valence-corrected chi connectivity index (χ2v) is 7.86. The van der Waals surface area contributed by atoms with Crippen molar-refractivity contribution in [1.29, 1.82) is 0 Å². The lowest BCUT2D eigenvalue weighted by Crippen LogP contribution is -2.38. The monoisotopic (exact) mass is 460 g/mol. The van der Waals surface area contributed by atoms with Crippen LogP contribution in [0.25, 0.3) is 22.0 Å². The molecule has 1 aliphatic heterocycles. The number of hydrogen-bond donors (Lipinski definition) is 0. The van der Waals surface area contributed by atoms with Crippen LogP contribution >= 0.6 is 27.5 Å². The van der Waals surface area contributed by atoms with Crippen LogP contribution in [0.2, 0.25) is 5.15 Å². The Balaban J connectivity index is 1.76. The summed E-state index contributed by atoms with van der Waals surface area (Å²) in [5, 5.41) is 2.43. The molecule has 0 bridgehead atoms. The Labute approximate surface area is 176 Å². The third kappa shape index (κ3) is 3.82. The second kappa shape index (κ2) is 8.01. The molecule has 0 spiro atoms. The zero-order valence-electron chi connectivity index (χ0n) is 15.2. The number of nitrogens with zero attached hydrogens (tertiary/aromatic N) is 4. The van der Waals surface area contributed by atoms with Crippen molar-refractivity contribution in [2.75, 3.05) is 18.0 Å². The molecule has 0 unspecified atom stereocenters. The van der Waals surface area contributed by atoms with Gasteiger partial charge >= 0.3 is 5.97 Å². The van der Waals surface area contributed by atoms with Gasteiger partial charge in [-0.3, -0.25) is 9.78 Å². The molecule has 28 heavy (non-hydrogen) atoms. The van der Waals surface area contributed by atoms with Gasteiger partial charge in [-0.2, -0.15) is 0 Å². The lowest BCUT2D eigenvalue weighted by molar-refractivity contribution is -0.147. The van der Waals surface area contributed by atoms with Gasteiger partial charge in [-0.1, -0.05) is 11.6 Å². The van der Waals surface area contributed by atoms with Crippen molar-refractivity contribution in [2.45, 2.75) is 25.9 Å². The summed E-state index contributed by atoms with van der Waals surface area (Å²) < 4.78 is 6.23. The molecule has 3 aromatic rings. The predicted molar refractivity (Wildman–Crippen MR) is 112 cm³/mol. The van der Waals surface area contributed by atoms with Gasteiger partial charge in [0, 0.05) is 67.8 Å². The number of esters is 1. The van der Waals surface area contributed by atoms with Crippen LogP contribution < -0.4 is 4.90 Å². The van der Waals surface area contributed by atoms with E-state index in [0.29, 0.717) is 5.15 Å². The van der Waals surface area contributed by atoms with E-state index in [1.165, 1.54) is 6.92 Å². The van der Waals surface area contributed by atoms with E-state index >= 15 is 0 Å². The van der Waals surface area contributed by atoms with Crippen LogP contribution in [0.1, 0.15) is 19.8 Å². The fourth-order valence-corrected chi connectivity index (χ4v) is 4.32. The molecule has 0 aromatic carbocycles. The number of carbonyl (C=O) groups is 1. The van der Waals surface area contributed by atoms with Gasteiger partial charge in [0.25, 0.3) is 0 Å². The Morgan fingerprint density at radius 3 is 2.75 bits per heavy atom. The van der Waals surface area contributed by atoms with Gasteiger partial charge in [-0.15, -0.1) is 0 Å². The van der Waals surface area contributed by atoms with Gasteiger partial charge in [0.1, 0.15) is 17.1 Å². The van der Waals surface area contributed by atoms with Gasteiger partial charge < -0.3 is 9.64 Å². The maximum Gasteiger partial charge on any atom is 0.302 e. The molecule has 6 nitrogen and oxygen atoms in total. The first-order valence-electron chi connectivity index (χ1n) is 9.00. The molecule has 1 saturated heterocycles. The summed E-state index contributed by atoms with van der Waals surface area (Å²) in [6.45, 7) is 2.98. The first-order valence-corrected chi connectivity index (χ1v) is 10.2. The maximum atomic E-state index is 11.2. The number of carbonyl (C=O) groups excluding carboxylic acids is 1. The SMILES string of the molecule is CC(=O)OC1CCN(c2nc(-c3ccnc(Cl)c3)c(Br)c3cnccc23)CC1. The van der Waals surface area contributed by atoms with Crippen molar-refractivity contribution in [1.82, 2.24) is 15.0 Å². The number of halogens is 2. The summed E-state index contributed by atoms with van der Waals surface area (Å²) in [4.78, 5) is 26.8. The first kappa shape index (κ1) is 19.1. The summed E-state index contributed by atoms with van der Waals surface area (Å²) in [6, 6.07) is 5.66. The maximum absolute atomic E-state index is 11.2. The van der Waals surface area contributed by atoms with Crippen LogP contribution in [0, 0.1) is 0 Å². The Morgan fingerprint density at radius 1 is 1.25 bits per heavy atom. The van der Waals surface area contributed by atoms with Crippen molar-refractivity contribution in [3.63, 3.8) is 0 Å². The summed E-state index contributed by atoms with van der Waals surface area (Å²) in [5.41, 5.74) is 1.68. The third-order valence-corrected chi connectivity index (χ3v) is 5.81. The van der Waals surface area contributed by atoms with Crippen molar-refractivity contribution < 1.29 is 9.53 Å². The van der Waals surface area contributed by atoms with Crippen LogP contribution in [-0.2, 0) is 9.53 Å². The van der Waals surface area contributed by atoms with E-state index in [2.05, 4.69) is 30.8 Å². The van der Waals surface area contributed by atoms with Crippen LogP contribution in [0.4, 0.5) is 5.82 Å². The lowest BCUT2D eigenvalue weighted by Gasteiger charge is -2.33. The van der Waals surface area contributed by atoms with Crippen LogP contribution in [0.15, 0.2) is 41.3 Å². The molecular weight excluding hydrogens is 444 g/mol. The minimum atomic E-state index is -0.228. The highest BCUT2D eigenvalue weighted by Gasteiger charge is 2.25. The highest BCUT2D eigenvalue weighted by molar-refractivity contribution is 9.10. The van der Waals surface area contributed by atoms with Crippen molar-refractivity contribution in [3.05, 3.63) is 46.4 Å². The summed E-state index contributed by atoms with van der Waals surface area (Å²) in [5.74, 6) is 0.665. The van der Waals surface area contributed by atoms with E-state index in [0.717, 1.165) is 58.3 Å². The number of piperidine rings is 1. The topological polar surface area (TPSA) is 68.2 Å². The van der Waals surface area contributed by atoms with Crippen LogP contribution in [0.5, 0.6) is 0 Å². The van der Waals surface area contributed by atoms with E-state index in [4.69, 9.17) is 21.3 Å². The molecule has 0 amide bonds. The lowest BCUT2D eigenvalue weighted by atomic mass is 10.1. The minimum absolute atomic E-state index is 0.0318. The number of fused-ring (bicyclic) bond motifs is 1. The molecule has 3 aromatic heterocycles. The molecule has 0 atom stereocenters. The highest BCUT2D eigenvalue weighted by atomic mass is 79.9. The van der Waals surface area contributed by atoms with Crippen molar-refractivity contribution >= 4 is 50.1 Å². The Bertz CT molecular complexity index is 1040. The zero-order valence-corrected chi connectivity index (χ0v) is 17.6. The zero-order chi connectivity index (χ0) is 19.7. The summed E-state index contributed by atoms with van der Waals surface area (Å²) >= 11 is 9.79. The number of aromatic nitrogens is 3. The molecule has 0 aliphatic carbocycles. The van der Waals surface area contributed by atoms with E-state index in [-0.39, 0.29) is 12.1 Å². The third-order valence-electron chi connectivity index (χ3n) is 4.80. The largest absolute Gasteiger partial charge is 0.462 e. The molecule has 0 saturated carbocycles. The normalized spacial score (nSPS) is 15.0. The molecule has 0 N–H and O–H groups in total. The standard InChI is InChI=1S/C20H18BrClN4O2/c1-12(27)28-14-4-8-26(9-5-14)20-15-3-6-23-11-16(15)18(21)19(25-20)13-2-7-24-17(22)10-13/h2-3,6-7,10-11,14H,4-5,8-9H2,1H3. The first-order chi connectivity index (χ1) is 13.5. The predicted octanol–water partition coefficient (Wildman–Crippen LogP) is 4.64. The molecule has 8 heteroatoms. The van der Waals surface area contributed by atoms with E-state index in [9.17, 15) is 4.79 Å². The van der Waals surface area contributed by atoms with Gasteiger partial charge in [0.05, 0.1) is 10.2 Å². The second-order valence-electron chi connectivity index (χ2n) is 6.68. The van der Waals surface area contributed by atoms with Crippen LogP contribution in [0.3, 0.4) is 0 Å². The molecular formula is C20H18BrClN4O2. The van der Waals surface area contributed by atoms with Crippen molar-refractivity contribution in [3.8, 4) is 11.3 Å². The smallest absolute Gasteiger partial charge is 0.302 e. The average molecular weight is 462 g/mol. The number of anilines is 1. The Morgan fingerprint density at radius 2 is 2.04 bits per heavy atom. The number of hydrogen-bond acceptors (Lipinski definition) is 6. The average Bonchev–Trinajstić information content (AvgIpc) is 2.69. The Kier molecular flexibility index (Phi) is 5.46. The Hall–Kier alpha value is -2.25. The fraction of sp³-hybridized carbons (Fsp3) is 0.300. The van der Waals surface area contributed by atoms with E-state index < -0.39 is 0 Å². The minimum Gasteiger partial charge on any atom is -0.462 e. The van der Waals surface area contributed by atoms with Gasteiger partial charge in [0.15, 0.2) is 0 Å². The van der Waals surface area contributed by atoms with Crippen LogP contribution in [-0.4, -0.2) is 40.1 Å². The molecule has 144 valence electrons. The van der Waals surface area contributed by atoms with Gasteiger partial charge in [-0.25, -0.2) is 9.97 Å². The van der Waals surface area contributed by atoms with E-state index in [1.807, 2.05) is 18.3 Å². The molecule has 4 rings (SSSR count). The molecule has 1 fully saturated rings. The fourth-order valence-electron chi connectivity index (χ4n) is 3.51. The summed E-state index contributed by atoms with van der Waals surface area (Å²) in [6.07, 6.45) is 6.80. The summed E-state index contributed by atoms with van der Waals surface area (Å²) in [7, 11) is 0. The van der Waals surface area contributed by atoms with E-state index in [1.54, 1.807) is 18.5 Å². The molecule has 4 heterocycles. The molecule has 0 radical (unpaired) electrons. The number of rotatable bonds is 3. The quantitative estimate of drug-likeness (QED) is 0.418. The van der Waals surface area contributed by atoms with Gasteiger partial charge in [0.2, 0.25) is 0 Å². The number of ether oxygens (including phenoxy) is 1. The van der Waals surface area contributed by atoms with Crippen molar-refractivity contribution in [2.24, 2.45) is 0 Å². The molecule has 1 aliphatic rings. The number of pyridine rings is 3. The highest BCUT2D eigenvalue weighted by Crippen LogP contribution is 2.38. The van der Waals surface area contributed by atoms with Gasteiger partial charge in [-0.05, 0) is 34.1 Å².